The lowest BCUT2D eigenvalue weighted by Crippen LogP contribution is -2.76. The summed E-state index contributed by atoms with van der Waals surface area (Å²) in [5.41, 5.74) is 2.25. The molecule has 11 nitrogen and oxygen atoms in total. The van der Waals surface area contributed by atoms with E-state index in [1.807, 2.05) is 30.3 Å². The number of urea groups is 1. The third-order valence-electron chi connectivity index (χ3n) is 8.64. The lowest BCUT2D eigenvalue weighted by atomic mass is 9.98. The first-order valence-electron chi connectivity index (χ1n) is 15.3. The number of alkyl halides is 3. The van der Waals surface area contributed by atoms with Crippen LogP contribution in [0.5, 0.6) is 5.75 Å². The van der Waals surface area contributed by atoms with Crippen LogP contribution in [0.1, 0.15) is 22.5 Å². The monoisotopic (exact) mass is 661 g/mol. The number of aromatic nitrogens is 2. The Kier molecular flexibility index (Phi) is 8.84. The first kappa shape index (κ1) is 32.6. The number of nitrogens with one attached hydrogen (secondary N) is 1. The zero-order valence-corrected chi connectivity index (χ0v) is 26.1. The third kappa shape index (κ3) is 6.30. The number of hydrazine groups is 1. The molecule has 3 aromatic carbocycles. The minimum Gasteiger partial charge on any atom is -0.508 e. The van der Waals surface area contributed by atoms with E-state index >= 15 is 0 Å². The molecule has 2 fully saturated rings. The standard InChI is InChI=1S/C34H34F3N7O4/c1-3-16-42-21-29(46)43-27(17-22-12-14-25(45)15-13-22)31(47)41(20-28(43)44(42)33(48)38-18-23-8-5-4-6-9-23)19-24-10-7-11-26-30(24)39-32(40(26)2)34(35,36)37/h3-15,27-28,45H,1,16-21H2,2H3,(H,38,48)/t27-,28-/m0/s1. The Balaban J connectivity index is 1.39. The summed E-state index contributed by atoms with van der Waals surface area (Å²) in [5.74, 6) is -1.83. The van der Waals surface area contributed by atoms with Crippen molar-refractivity contribution in [2.75, 3.05) is 19.6 Å². The number of phenolic OH excluding ortho intramolecular Hbond substituents is 1. The number of fused-ring (bicyclic) bond motifs is 2. The number of carbonyl (C=O) groups is 3. The Bertz CT molecular complexity index is 1850. The number of carbonyl (C=O) groups excluding carboxylic acids is 3. The van der Waals surface area contributed by atoms with Gasteiger partial charge in [-0.25, -0.2) is 19.8 Å². The SMILES string of the molecule is C=CCN1CC(=O)N2[C@@H](Cc3ccc(O)cc3)C(=O)N(Cc3cccc4c3nc(C(F)(F)F)n4C)C[C@@H]2N1C(=O)NCc1ccccc1. The molecule has 250 valence electrons. The average molecular weight is 662 g/mol. The van der Waals surface area contributed by atoms with E-state index in [1.54, 1.807) is 35.4 Å². The number of piperazine rings is 1. The number of amides is 4. The molecule has 4 amide bonds. The molecular formula is C34H34F3N7O4. The van der Waals surface area contributed by atoms with Crippen LogP contribution in [0.4, 0.5) is 18.0 Å². The quantitative estimate of drug-likeness (QED) is 0.276. The molecule has 48 heavy (non-hydrogen) atoms. The van der Waals surface area contributed by atoms with Crippen LogP contribution >= 0.6 is 0 Å². The van der Waals surface area contributed by atoms with Gasteiger partial charge >= 0.3 is 12.2 Å². The fourth-order valence-corrected chi connectivity index (χ4v) is 6.41. The maximum atomic E-state index is 14.3. The summed E-state index contributed by atoms with van der Waals surface area (Å²) in [6.45, 7) is 3.75. The van der Waals surface area contributed by atoms with Crippen LogP contribution in [-0.2, 0) is 42.3 Å². The third-order valence-corrected chi connectivity index (χ3v) is 8.64. The van der Waals surface area contributed by atoms with Gasteiger partial charge in [0.2, 0.25) is 17.6 Å². The van der Waals surface area contributed by atoms with E-state index in [2.05, 4.69) is 16.9 Å². The summed E-state index contributed by atoms with van der Waals surface area (Å²) in [4.78, 5) is 48.8. The van der Waals surface area contributed by atoms with Crippen LogP contribution in [0.25, 0.3) is 11.0 Å². The van der Waals surface area contributed by atoms with Crippen molar-refractivity contribution in [3.8, 4) is 5.75 Å². The van der Waals surface area contributed by atoms with Crippen molar-refractivity contribution in [2.45, 2.75) is 37.9 Å². The molecular weight excluding hydrogens is 627 g/mol. The molecule has 3 heterocycles. The molecule has 2 saturated heterocycles. The van der Waals surface area contributed by atoms with E-state index in [-0.39, 0.29) is 61.8 Å². The second-order valence-electron chi connectivity index (χ2n) is 11.8. The number of nitrogens with zero attached hydrogens (tertiary/aromatic N) is 6. The minimum atomic E-state index is -4.69. The molecule has 2 aliphatic rings. The highest BCUT2D eigenvalue weighted by atomic mass is 19.4. The number of para-hydroxylation sites is 1. The van der Waals surface area contributed by atoms with Crippen molar-refractivity contribution in [1.82, 2.24) is 34.7 Å². The first-order chi connectivity index (χ1) is 23.0. The zero-order valence-electron chi connectivity index (χ0n) is 26.1. The van der Waals surface area contributed by atoms with Crippen LogP contribution < -0.4 is 5.32 Å². The van der Waals surface area contributed by atoms with Gasteiger partial charge in [0.25, 0.3) is 0 Å². The Morgan fingerprint density at radius 3 is 2.46 bits per heavy atom. The molecule has 2 aliphatic heterocycles. The lowest BCUT2D eigenvalue weighted by Gasteiger charge is -2.55. The van der Waals surface area contributed by atoms with Crippen molar-refractivity contribution < 1.29 is 32.7 Å². The minimum absolute atomic E-state index is 0.0327. The maximum absolute atomic E-state index is 14.3. The van der Waals surface area contributed by atoms with Crippen molar-refractivity contribution in [3.63, 3.8) is 0 Å². The van der Waals surface area contributed by atoms with E-state index in [0.717, 1.165) is 10.1 Å². The number of rotatable bonds is 8. The second kappa shape index (κ2) is 13.0. The predicted molar refractivity (Wildman–Crippen MR) is 170 cm³/mol. The summed E-state index contributed by atoms with van der Waals surface area (Å²) in [5, 5.41) is 15.8. The topological polar surface area (TPSA) is 114 Å². The van der Waals surface area contributed by atoms with Crippen LogP contribution in [0.3, 0.4) is 0 Å². The second-order valence-corrected chi connectivity index (χ2v) is 11.8. The van der Waals surface area contributed by atoms with Crippen LogP contribution in [0.2, 0.25) is 0 Å². The Morgan fingerprint density at radius 1 is 1.04 bits per heavy atom. The number of halogens is 3. The molecule has 0 saturated carbocycles. The van der Waals surface area contributed by atoms with Crippen LogP contribution in [0.15, 0.2) is 85.5 Å². The molecule has 0 radical (unpaired) electrons. The van der Waals surface area contributed by atoms with Gasteiger partial charge in [0.1, 0.15) is 18.0 Å². The van der Waals surface area contributed by atoms with E-state index < -0.39 is 36.1 Å². The van der Waals surface area contributed by atoms with Crippen LogP contribution in [0, 0.1) is 0 Å². The molecule has 0 aliphatic carbocycles. The maximum Gasteiger partial charge on any atom is 0.449 e. The van der Waals surface area contributed by atoms with Gasteiger partial charge in [-0.1, -0.05) is 60.7 Å². The average Bonchev–Trinajstić information content (AvgIpc) is 3.41. The van der Waals surface area contributed by atoms with E-state index in [1.165, 1.54) is 40.1 Å². The van der Waals surface area contributed by atoms with Gasteiger partial charge in [0.05, 0.1) is 24.1 Å². The molecule has 2 N–H and O–H groups in total. The highest BCUT2D eigenvalue weighted by molar-refractivity contribution is 5.92. The summed E-state index contributed by atoms with van der Waals surface area (Å²) in [6, 6.07) is 18.7. The van der Waals surface area contributed by atoms with Crippen LogP contribution in [-0.4, -0.2) is 84.2 Å². The Morgan fingerprint density at radius 2 is 1.77 bits per heavy atom. The van der Waals surface area contributed by atoms with Crippen molar-refractivity contribution in [3.05, 3.63) is 108 Å². The molecule has 14 heteroatoms. The number of imidazole rings is 1. The number of hydrogen-bond donors (Lipinski definition) is 2. The van der Waals surface area contributed by atoms with Crippen molar-refractivity contribution >= 4 is 28.9 Å². The summed E-state index contributed by atoms with van der Waals surface area (Å²) in [6.07, 6.45) is -3.99. The molecule has 1 aromatic heterocycles. The fraction of sp³-hybridized carbons (Fsp3) is 0.294. The van der Waals surface area contributed by atoms with E-state index in [9.17, 15) is 32.7 Å². The lowest BCUT2D eigenvalue weighted by molar-refractivity contribution is -0.189. The van der Waals surface area contributed by atoms with Gasteiger partial charge in [-0.05, 0) is 34.9 Å². The molecule has 0 bridgehead atoms. The zero-order chi connectivity index (χ0) is 34.2. The molecule has 6 rings (SSSR count). The molecule has 2 atom stereocenters. The van der Waals surface area contributed by atoms with Crippen molar-refractivity contribution in [1.29, 1.82) is 0 Å². The predicted octanol–water partition coefficient (Wildman–Crippen LogP) is 4.03. The Labute approximate surface area is 274 Å². The first-order valence-corrected chi connectivity index (χ1v) is 15.3. The van der Waals surface area contributed by atoms with Gasteiger partial charge in [0, 0.05) is 33.1 Å². The molecule has 0 unspecified atom stereocenters. The summed E-state index contributed by atoms with van der Waals surface area (Å²) in [7, 11) is 1.29. The highest BCUT2D eigenvalue weighted by Crippen LogP contribution is 2.34. The number of benzene rings is 3. The number of aromatic hydroxyl groups is 1. The van der Waals surface area contributed by atoms with Gasteiger partial charge in [-0.15, -0.1) is 6.58 Å². The Hall–Kier alpha value is -5.37. The largest absolute Gasteiger partial charge is 0.508 e. The van der Waals surface area contributed by atoms with Gasteiger partial charge in [0.15, 0.2) is 0 Å². The number of hydrogen-bond acceptors (Lipinski definition) is 6. The number of phenols is 1. The highest BCUT2D eigenvalue weighted by Gasteiger charge is 2.51. The smallest absolute Gasteiger partial charge is 0.449 e. The van der Waals surface area contributed by atoms with Gasteiger partial charge in [-0.3, -0.25) is 9.59 Å². The fourth-order valence-electron chi connectivity index (χ4n) is 6.41. The normalized spacial score (nSPS) is 18.7. The number of aryl methyl sites for hydroxylation is 1. The van der Waals surface area contributed by atoms with Gasteiger partial charge < -0.3 is 24.8 Å². The summed E-state index contributed by atoms with van der Waals surface area (Å²) >= 11 is 0. The molecule has 0 spiro atoms. The van der Waals surface area contributed by atoms with E-state index in [4.69, 9.17) is 0 Å². The van der Waals surface area contributed by atoms with Gasteiger partial charge in [-0.2, -0.15) is 13.2 Å². The van der Waals surface area contributed by atoms with Crippen molar-refractivity contribution in [2.24, 2.45) is 7.05 Å². The summed E-state index contributed by atoms with van der Waals surface area (Å²) < 4.78 is 42.3. The molecule has 4 aromatic rings. The van der Waals surface area contributed by atoms with E-state index in [0.29, 0.717) is 11.1 Å².